The number of hydrogen-bond donors (Lipinski definition) is 1. The van der Waals surface area contributed by atoms with Crippen LogP contribution in [-0.4, -0.2) is 30.1 Å². The van der Waals surface area contributed by atoms with Crippen molar-refractivity contribution in [3.8, 4) is 0 Å². The fourth-order valence-electron chi connectivity index (χ4n) is 3.02. The third-order valence-electron chi connectivity index (χ3n) is 4.23. The number of benzene rings is 1. The van der Waals surface area contributed by atoms with Crippen LogP contribution < -0.4 is 5.73 Å². The highest BCUT2D eigenvalue weighted by molar-refractivity contribution is 5.19. The van der Waals surface area contributed by atoms with E-state index in [1.54, 1.807) is 0 Å². The molecule has 2 atom stereocenters. The molecule has 106 valence electrons. The van der Waals surface area contributed by atoms with Crippen LogP contribution in [0.4, 0.5) is 0 Å². The van der Waals surface area contributed by atoms with E-state index in [2.05, 4.69) is 49.1 Å². The van der Waals surface area contributed by atoms with Crippen LogP contribution in [0.1, 0.15) is 51.0 Å². The second-order valence-electron chi connectivity index (χ2n) is 5.91. The zero-order chi connectivity index (χ0) is 13.7. The van der Waals surface area contributed by atoms with Crippen molar-refractivity contribution in [3.05, 3.63) is 35.9 Å². The Balaban J connectivity index is 1.97. The lowest BCUT2D eigenvalue weighted by Crippen LogP contribution is -2.43. The lowest BCUT2D eigenvalue weighted by atomic mass is 9.93. The molecular formula is C17H28N2. The summed E-state index contributed by atoms with van der Waals surface area (Å²) >= 11 is 0. The highest BCUT2D eigenvalue weighted by Crippen LogP contribution is 2.31. The molecule has 19 heavy (non-hydrogen) atoms. The van der Waals surface area contributed by atoms with E-state index >= 15 is 0 Å². The lowest BCUT2D eigenvalue weighted by molar-refractivity contribution is 0.175. The van der Waals surface area contributed by atoms with Gasteiger partial charge >= 0.3 is 0 Å². The highest BCUT2D eigenvalue weighted by Gasteiger charge is 2.33. The first-order valence-electron chi connectivity index (χ1n) is 7.77. The fraction of sp³-hybridized carbons (Fsp3) is 0.647. The van der Waals surface area contributed by atoms with E-state index in [9.17, 15) is 0 Å². The van der Waals surface area contributed by atoms with Crippen LogP contribution in [0.3, 0.4) is 0 Å². The summed E-state index contributed by atoms with van der Waals surface area (Å²) in [5, 5.41) is 0. The normalized spacial score (nSPS) is 18.5. The van der Waals surface area contributed by atoms with Gasteiger partial charge in [0.25, 0.3) is 0 Å². The molecule has 0 amide bonds. The SMILES string of the molecule is CCCN(C1CC1)C(CN)CC(C)c1ccccc1. The molecule has 1 aliphatic rings. The van der Waals surface area contributed by atoms with E-state index in [1.807, 2.05) is 0 Å². The average molecular weight is 260 g/mol. The Kier molecular flexibility index (Phi) is 5.41. The summed E-state index contributed by atoms with van der Waals surface area (Å²) in [4.78, 5) is 2.67. The fourth-order valence-corrected chi connectivity index (χ4v) is 3.02. The summed E-state index contributed by atoms with van der Waals surface area (Å²) in [6.07, 6.45) is 5.15. The van der Waals surface area contributed by atoms with Crippen LogP contribution in [0.5, 0.6) is 0 Å². The maximum atomic E-state index is 6.05. The Bertz CT molecular complexity index is 359. The molecule has 0 bridgehead atoms. The topological polar surface area (TPSA) is 29.3 Å². The molecular weight excluding hydrogens is 232 g/mol. The molecule has 2 N–H and O–H groups in total. The van der Waals surface area contributed by atoms with Crippen molar-refractivity contribution < 1.29 is 0 Å². The summed E-state index contributed by atoms with van der Waals surface area (Å²) in [6.45, 7) is 6.58. The predicted octanol–water partition coefficient (Wildman–Crippen LogP) is 3.38. The molecule has 0 aliphatic heterocycles. The number of nitrogens with zero attached hydrogens (tertiary/aromatic N) is 1. The van der Waals surface area contributed by atoms with Crippen LogP contribution in [-0.2, 0) is 0 Å². The smallest absolute Gasteiger partial charge is 0.0227 e. The molecule has 1 aliphatic carbocycles. The number of nitrogens with two attached hydrogens (primary N) is 1. The lowest BCUT2D eigenvalue weighted by Gasteiger charge is -2.32. The van der Waals surface area contributed by atoms with Crippen molar-refractivity contribution >= 4 is 0 Å². The number of hydrogen-bond acceptors (Lipinski definition) is 2. The molecule has 2 rings (SSSR count). The highest BCUT2D eigenvalue weighted by atomic mass is 15.2. The van der Waals surface area contributed by atoms with Crippen LogP contribution >= 0.6 is 0 Å². The van der Waals surface area contributed by atoms with E-state index in [4.69, 9.17) is 5.73 Å². The maximum Gasteiger partial charge on any atom is 0.0227 e. The van der Waals surface area contributed by atoms with Gasteiger partial charge in [0.2, 0.25) is 0 Å². The summed E-state index contributed by atoms with van der Waals surface area (Å²) in [7, 11) is 0. The molecule has 0 radical (unpaired) electrons. The van der Waals surface area contributed by atoms with Gasteiger partial charge in [-0.1, -0.05) is 44.2 Å². The molecule has 2 heteroatoms. The molecule has 1 saturated carbocycles. The van der Waals surface area contributed by atoms with Gasteiger partial charge in [-0.3, -0.25) is 4.90 Å². The Labute approximate surface area is 118 Å². The Morgan fingerprint density at radius 1 is 1.26 bits per heavy atom. The van der Waals surface area contributed by atoms with Gasteiger partial charge in [-0.25, -0.2) is 0 Å². The second-order valence-corrected chi connectivity index (χ2v) is 5.91. The van der Waals surface area contributed by atoms with Gasteiger partial charge in [-0.15, -0.1) is 0 Å². The van der Waals surface area contributed by atoms with Crippen molar-refractivity contribution in [1.29, 1.82) is 0 Å². The Hall–Kier alpha value is -0.860. The van der Waals surface area contributed by atoms with Gasteiger partial charge in [0.05, 0.1) is 0 Å². The zero-order valence-corrected chi connectivity index (χ0v) is 12.4. The quantitative estimate of drug-likeness (QED) is 0.776. The minimum atomic E-state index is 0.544. The van der Waals surface area contributed by atoms with E-state index < -0.39 is 0 Å². The number of rotatable bonds is 8. The van der Waals surface area contributed by atoms with Gasteiger partial charge in [-0.2, -0.15) is 0 Å². The third kappa shape index (κ3) is 4.05. The molecule has 0 aromatic heterocycles. The predicted molar refractivity (Wildman–Crippen MR) is 82.3 cm³/mol. The van der Waals surface area contributed by atoms with Crippen LogP contribution in [0, 0.1) is 0 Å². The van der Waals surface area contributed by atoms with Crippen LogP contribution in [0.15, 0.2) is 30.3 Å². The molecule has 1 aromatic rings. The van der Waals surface area contributed by atoms with Crippen molar-refractivity contribution in [3.63, 3.8) is 0 Å². The molecule has 2 unspecified atom stereocenters. The largest absolute Gasteiger partial charge is 0.329 e. The first-order valence-corrected chi connectivity index (χ1v) is 7.77. The Morgan fingerprint density at radius 2 is 1.95 bits per heavy atom. The first-order chi connectivity index (χ1) is 9.26. The molecule has 0 spiro atoms. The minimum Gasteiger partial charge on any atom is -0.329 e. The van der Waals surface area contributed by atoms with E-state index in [-0.39, 0.29) is 0 Å². The summed E-state index contributed by atoms with van der Waals surface area (Å²) in [5.41, 5.74) is 7.49. The summed E-state index contributed by atoms with van der Waals surface area (Å²) in [6, 6.07) is 12.2. The monoisotopic (exact) mass is 260 g/mol. The van der Waals surface area contributed by atoms with Crippen LogP contribution in [0.2, 0.25) is 0 Å². The molecule has 0 heterocycles. The van der Waals surface area contributed by atoms with Crippen molar-refractivity contribution in [1.82, 2.24) is 4.90 Å². The Morgan fingerprint density at radius 3 is 2.47 bits per heavy atom. The van der Waals surface area contributed by atoms with Crippen molar-refractivity contribution in [2.24, 2.45) is 5.73 Å². The standard InChI is InChI=1S/C17H28N2/c1-3-11-19(16-9-10-16)17(13-18)12-14(2)15-7-5-4-6-8-15/h4-8,14,16-17H,3,9-13,18H2,1-2H3. The molecule has 2 nitrogen and oxygen atoms in total. The molecule has 1 aromatic carbocycles. The van der Waals surface area contributed by atoms with Crippen molar-refractivity contribution in [2.75, 3.05) is 13.1 Å². The van der Waals surface area contributed by atoms with Gasteiger partial charge in [0.1, 0.15) is 0 Å². The van der Waals surface area contributed by atoms with Crippen LogP contribution in [0.25, 0.3) is 0 Å². The van der Waals surface area contributed by atoms with Gasteiger partial charge in [0, 0.05) is 18.6 Å². The second kappa shape index (κ2) is 7.06. The summed E-state index contributed by atoms with van der Waals surface area (Å²) < 4.78 is 0. The zero-order valence-electron chi connectivity index (χ0n) is 12.4. The van der Waals surface area contributed by atoms with E-state index in [0.717, 1.165) is 12.6 Å². The molecule has 1 fully saturated rings. The third-order valence-corrected chi connectivity index (χ3v) is 4.23. The van der Waals surface area contributed by atoms with E-state index in [0.29, 0.717) is 12.0 Å². The molecule has 0 saturated heterocycles. The van der Waals surface area contributed by atoms with E-state index in [1.165, 1.54) is 37.8 Å². The summed E-state index contributed by atoms with van der Waals surface area (Å²) in [5.74, 6) is 0.591. The van der Waals surface area contributed by atoms with Gasteiger partial charge < -0.3 is 5.73 Å². The van der Waals surface area contributed by atoms with Gasteiger partial charge in [0.15, 0.2) is 0 Å². The average Bonchev–Trinajstić information content (AvgIpc) is 3.28. The minimum absolute atomic E-state index is 0.544. The van der Waals surface area contributed by atoms with Crippen molar-refractivity contribution in [2.45, 2.75) is 57.5 Å². The first kappa shape index (κ1) is 14.5. The van der Waals surface area contributed by atoms with Gasteiger partial charge in [-0.05, 0) is 43.7 Å². The maximum absolute atomic E-state index is 6.05.